The molecule has 0 radical (unpaired) electrons. The minimum Gasteiger partial charge on any atom is -0.399 e. The lowest BCUT2D eigenvalue weighted by atomic mass is 10.2. The molecule has 0 saturated heterocycles. The van der Waals surface area contributed by atoms with Gasteiger partial charge in [-0.05, 0) is 25.1 Å². The van der Waals surface area contributed by atoms with Crippen molar-refractivity contribution in [2.24, 2.45) is 0 Å². The van der Waals surface area contributed by atoms with Crippen LogP contribution in [0.4, 0.5) is 10.8 Å². The van der Waals surface area contributed by atoms with Gasteiger partial charge in [0, 0.05) is 22.1 Å². The van der Waals surface area contributed by atoms with Crippen LogP contribution in [0.15, 0.2) is 24.4 Å². The third-order valence-electron chi connectivity index (χ3n) is 2.64. The van der Waals surface area contributed by atoms with E-state index in [0.29, 0.717) is 21.9 Å². The molecular weight excluding hydrogens is 262 g/mol. The molecule has 3 aromatic rings. The molecule has 0 fully saturated rings. The Labute approximate surface area is 112 Å². The van der Waals surface area contributed by atoms with Crippen LogP contribution in [0.1, 0.15) is 15.4 Å². The molecule has 0 saturated carbocycles. The number of fused-ring (bicyclic) bond motifs is 1. The molecule has 19 heavy (non-hydrogen) atoms. The number of rotatable bonds is 2. The van der Waals surface area contributed by atoms with Crippen LogP contribution in [0.5, 0.6) is 0 Å². The van der Waals surface area contributed by atoms with Gasteiger partial charge in [-0.1, -0.05) is 0 Å². The SMILES string of the molecule is Cc1cnc(NC(=O)c2n[nH]c3ccc(N)cc23)s1. The first-order valence-electron chi connectivity index (χ1n) is 5.61. The summed E-state index contributed by atoms with van der Waals surface area (Å²) < 4.78 is 0. The summed E-state index contributed by atoms with van der Waals surface area (Å²) in [5, 5.41) is 10.8. The molecule has 0 unspecified atom stereocenters. The van der Waals surface area contributed by atoms with Crippen molar-refractivity contribution in [2.45, 2.75) is 6.92 Å². The van der Waals surface area contributed by atoms with Crippen LogP contribution < -0.4 is 11.1 Å². The molecule has 0 aliphatic carbocycles. The Morgan fingerprint density at radius 3 is 3.05 bits per heavy atom. The number of aromatic amines is 1. The van der Waals surface area contributed by atoms with Crippen LogP contribution >= 0.6 is 11.3 Å². The highest BCUT2D eigenvalue weighted by atomic mass is 32.1. The largest absolute Gasteiger partial charge is 0.399 e. The quantitative estimate of drug-likeness (QED) is 0.623. The van der Waals surface area contributed by atoms with Crippen LogP contribution in [0.3, 0.4) is 0 Å². The molecule has 1 aromatic carbocycles. The van der Waals surface area contributed by atoms with Gasteiger partial charge in [0.05, 0.1) is 5.52 Å². The van der Waals surface area contributed by atoms with Crippen molar-refractivity contribution in [2.75, 3.05) is 11.1 Å². The molecule has 0 aliphatic rings. The summed E-state index contributed by atoms with van der Waals surface area (Å²) >= 11 is 1.42. The van der Waals surface area contributed by atoms with E-state index in [1.807, 2.05) is 6.92 Å². The molecule has 6 nitrogen and oxygen atoms in total. The second-order valence-electron chi connectivity index (χ2n) is 4.11. The van der Waals surface area contributed by atoms with Gasteiger partial charge >= 0.3 is 0 Å². The summed E-state index contributed by atoms with van der Waals surface area (Å²) in [6.45, 7) is 1.93. The highest BCUT2D eigenvalue weighted by Crippen LogP contribution is 2.21. The molecule has 0 atom stereocenters. The highest BCUT2D eigenvalue weighted by Gasteiger charge is 2.15. The van der Waals surface area contributed by atoms with Crippen molar-refractivity contribution in [3.05, 3.63) is 35.0 Å². The van der Waals surface area contributed by atoms with Crippen LogP contribution in [0.25, 0.3) is 10.9 Å². The number of benzene rings is 1. The maximum absolute atomic E-state index is 12.1. The van der Waals surface area contributed by atoms with Crippen molar-refractivity contribution in [3.8, 4) is 0 Å². The van der Waals surface area contributed by atoms with Gasteiger partial charge in [0.25, 0.3) is 5.91 Å². The Bertz CT molecular complexity index is 760. The van der Waals surface area contributed by atoms with Crippen molar-refractivity contribution < 1.29 is 4.79 Å². The molecule has 96 valence electrons. The van der Waals surface area contributed by atoms with Crippen LogP contribution in [-0.2, 0) is 0 Å². The number of nitrogens with zero attached hydrogens (tertiary/aromatic N) is 2. The number of nitrogens with one attached hydrogen (secondary N) is 2. The molecule has 0 spiro atoms. The Morgan fingerprint density at radius 2 is 2.32 bits per heavy atom. The fourth-order valence-electron chi connectivity index (χ4n) is 1.77. The molecule has 2 heterocycles. The van der Waals surface area contributed by atoms with Gasteiger partial charge in [-0.2, -0.15) is 5.10 Å². The number of nitrogens with two attached hydrogens (primary N) is 1. The summed E-state index contributed by atoms with van der Waals surface area (Å²) in [5.74, 6) is -0.300. The summed E-state index contributed by atoms with van der Waals surface area (Å²) in [7, 11) is 0. The molecule has 0 aliphatic heterocycles. The van der Waals surface area contributed by atoms with Crippen molar-refractivity contribution in [3.63, 3.8) is 0 Å². The normalized spacial score (nSPS) is 10.8. The van der Waals surface area contributed by atoms with Crippen molar-refractivity contribution >= 4 is 39.0 Å². The Hall–Kier alpha value is -2.41. The molecule has 3 rings (SSSR count). The molecule has 2 aromatic heterocycles. The Morgan fingerprint density at radius 1 is 1.47 bits per heavy atom. The first kappa shape index (κ1) is 11.7. The first-order valence-corrected chi connectivity index (χ1v) is 6.42. The van der Waals surface area contributed by atoms with Crippen LogP contribution in [0.2, 0.25) is 0 Å². The van der Waals surface area contributed by atoms with E-state index >= 15 is 0 Å². The standard InChI is InChI=1S/C12H11N5OS/c1-6-5-14-12(19-6)15-11(18)10-8-4-7(13)2-3-9(8)16-17-10/h2-5H,13H2,1H3,(H,16,17)(H,14,15,18). The predicted molar refractivity (Wildman–Crippen MR) is 75.3 cm³/mol. The third-order valence-corrected chi connectivity index (χ3v) is 3.47. The van der Waals surface area contributed by atoms with E-state index < -0.39 is 0 Å². The highest BCUT2D eigenvalue weighted by molar-refractivity contribution is 7.15. The number of aryl methyl sites for hydroxylation is 1. The topological polar surface area (TPSA) is 96.7 Å². The van der Waals surface area contributed by atoms with Gasteiger partial charge < -0.3 is 5.73 Å². The number of hydrogen-bond donors (Lipinski definition) is 3. The average molecular weight is 273 g/mol. The second kappa shape index (κ2) is 4.36. The first-order chi connectivity index (χ1) is 9.13. The average Bonchev–Trinajstić information content (AvgIpc) is 2.95. The van der Waals surface area contributed by atoms with Gasteiger partial charge in [-0.3, -0.25) is 15.2 Å². The fraction of sp³-hybridized carbons (Fsp3) is 0.0833. The number of hydrogen-bond acceptors (Lipinski definition) is 5. The summed E-state index contributed by atoms with van der Waals surface area (Å²) in [4.78, 5) is 17.3. The monoisotopic (exact) mass is 273 g/mol. The number of aromatic nitrogens is 3. The van der Waals surface area contributed by atoms with Crippen molar-refractivity contribution in [1.29, 1.82) is 0 Å². The number of carbonyl (C=O) groups is 1. The third kappa shape index (κ3) is 2.15. The summed E-state index contributed by atoms with van der Waals surface area (Å²) in [6.07, 6.45) is 1.71. The van der Waals surface area contributed by atoms with Crippen molar-refractivity contribution in [1.82, 2.24) is 15.2 Å². The minimum atomic E-state index is -0.300. The number of thiazole rings is 1. The zero-order valence-corrected chi connectivity index (χ0v) is 10.9. The zero-order valence-electron chi connectivity index (χ0n) is 10.1. The Balaban J connectivity index is 1.95. The Kier molecular flexibility index (Phi) is 2.68. The number of H-pyrrole nitrogens is 1. The van der Waals surface area contributed by atoms with Crippen LogP contribution in [-0.4, -0.2) is 21.1 Å². The lowest BCUT2D eigenvalue weighted by Crippen LogP contribution is -2.12. The number of amides is 1. The van der Waals surface area contributed by atoms with Gasteiger partial charge in [0.1, 0.15) is 0 Å². The predicted octanol–water partition coefficient (Wildman–Crippen LogP) is 2.16. The maximum Gasteiger partial charge on any atom is 0.278 e. The molecule has 4 N–H and O–H groups in total. The van der Waals surface area contributed by atoms with E-state index in [0.717, 1.165) is 10.4 Å². The van der Waals surface area contributed by atoms with E-state index in [-0.39, 0.29) is 5.91 Å². The molecule has 1 amide bonds. The number of carbonyl (C=O) groups excluding carboxylic acids is 1. The zero-order chi connectivity index (χ0) is 13.4. The van der Waals surface area contributed by atoms with Gasteiger partial charge in [-0.15, -0.1) is 11.3 Å². The number of anilines is 2. The minimum absolute atomic E-state index is 0.300. The van der Waals surface area contributed by atoms with Gasteiger partial charge in [0.15, 0.2) is 10.8 Å². The smallest absolute Gasteiger partial charge is 0.278 e. The second-order valence-corrected chi connectivity index (χ2v) is 5.34. The van der Waals surface area contributed by atoms with E-state index in [1.54, 1.807) is 24.4 Å². The molecular formula is C12H11N5OS. The number of nitrogen functional groups attached to an aromatic ring is 1. The summed E-state index contributed by atoms with van der Waals surface area (Å²) in [5.41, 5.74) is 7.40. The maximum atomic E-state index is 12.1. The summed E-state index contributed by atoms with van der Waals surface area (Å²) in [6, 6.07) is 5.27. The lowest BCUT2D eigenvalue weighted by molar-refractivity contribution is 0.102. The van der Waals surface area contributed by atoms with E-state index in [1.165, 1.54) is 11.3 Å². The van der Waals surface area contributed by atoms with E-state index in [4.69, 9.17) is 5.73 Å². The van der Waals surface area contributed by atoms with Gasteiger partial charge in [-0.25, -0.2) is 4.98 Å². The lowest BCUT2D eigenvalue weighted by Gasteiger charge is -1.99. The molecule has 7 heteroatoms. The van der Waals surface area contributed by atoms with E-state index in [9.17, 15) is 4.79 Å². The fourth-order valence-corrected chi connectivity index (χ4v) is 2.43. The van der Waals surface area contributed by atoms with Gasteiger partial charge in [0.2, 0.25) is 0 Å². The van der Waals surface area contributed by atoms with E-state index in [2.05, 4.69) is 20.5 Å². The van der Waals surface area contributed by atoms with Crippen LogP contribution in [0, 0.1) is 6.92 Å². The molecule has 0 bridgehead atoms.